The number of nitrogens with two attached hydrogens (primary N) is 1. The van der Waals surface area contributed by atoms with E-state index in [0.29, 0.717) is 11.4 Å². The van der Waals surface area contributed by atoms with E-state index in [1.165, 1.54) is 0 Å². The average molecular weight is 276 g/mol. The van der Waals surface area contributed by atoms with Crippen molar-refractivity contribution in [3.63, 3.8) is 0 Å². The number of amides is 1. The summed E-state index contributed by atoms with van der Waals surface area (Å²) >= 11 is 0. The maximum absolute atomic E-state index is 12.6. The Balaban J connectivity index is 2.21. The van der Waals surface area contributed by atoms with Gasteiger partial charge in [0.15, 0.2) is 0 Å². The zero-order valence-electron chi connectivity index (χ0n) is 11.4. The van der Waals surface area contributed by atoms with Crippen LogP contribution in [0.3, 0.4) is 0 Å². The van der Waals surface area contributed by atoms with Crippen LogP contribution in [-0.2, 0) is 9.59 Å². The van der Waals surface area contributed by atoms with E-state index in [4.69, 9.17) is 10.8 Å². The molecule has 1 amide bonds. The molecule has 1 fully saturated rings. The predicted octanol–water partition coefficient (Wildman–Crippen LogP) is 2.27. The molecule has 1 aliphatic rings. The third kappa shape index (κ3) is 3.29. The van der Waals surface area contributed by atoms with E-state index in [9.17, 15) is 9.59 Å². The van der Waals surface area contributed by atoms with Crippen LogP contribution in [0.15, 0.2) is 24.3 Å². The van der Waals surface area contributed by atoms with E-state index >= 15 is 0 Å². The summed E-state index contributed by atoms with van der Waals surface area (Å²) in [5.74, 6) is -0.909. The molecule has 0 radical (unpaired) electrons. The molecule has 1 aliphatic carbocycles. The fraction of sp³-hybridized carbons (Fsp3) is 0.467. The highest BCUT2D eigenvalue weighted by molar-refractivity contribution is 5.98. The molecule has 1 aromatic rings. The number of carbonyl (C=O) groups excluding carboxylic acids is 1. The van der Waals surface area contributed by atoms with E-state index in [2.05, 4.69) is 0 Å². The molecule has 3 N–H and O–H groups in total. The highest BCUT2D eigenvalue weighted by atomic mass is 16.4. The van der Waals surface area contributed by atoms with E-state index in [-0.39, 0.29) is 24.8 Å². The molecule has 1 aromatic carbocycles. The summed E-state index contributed by atoms with van der Waals surface area (Å²) in [6.45, 7) is 0.166. The van der Waals surface area contributed by atoms with Crippen molar-refractivity contribution in [1.29, 1.82) is 0 Å². The normalized spacial score (nSPS) is 15.2. The second-order valence-corrected chi connectivity index (χ2v) is 5.17. The van der Waals surface area contributed by atoms with Crippen LogP contribution in [0.5, 0.6) is 0 Å². The van der Waals surface area contributed by atoms with Crippen molar-refractivity contribution >= 4 is 23.3 Å². The Morgan fingerprint density at radius 2 is 1.90 bits per heavy atom. The lowest BCUT2D eigenvalue weighted by atomic mass is 10.1. The van der Waals surface area contributed by atoms with Gasteiger partial charge in [-0.2, -0.15) is 0 Å². The van der Waals surface area contributed by atoms with Gasteiger partial charge >= 0.3 is 5.97 Å². The molecule has 5 heteroatoms. The predicted molar refractivity (Wildman–Crippen MR) is 77.4 cm³/mol. The van der Waals surface area contributed by atoms with Gasteiger partial charge in [-0.05, 0) is 25.0 Å². The van der Waals surface area contributed by atoms with Crippen LogP contribution in [0, 0.1) is 5.92 Å². The number of rotatable bonds is 5. The number of carbonyl (C=O) groups is 2. The van der Waals surface area contributed by atoms with Crippen molar-refractivity contribution in [3.8, 4) is 0 Å². The van der Waals surface area contributed by atoms with Crippen molar-refractivity contribution in [1.82, 2.24) is 0 Å². The van der Waals surface area contributed by atoms with Crippen LogP contribution in [0.25, 0.3) is 0 Å². The summed E-state index contributed by atoms with van der Waals surface area (Å²) in [6, 6.07) is 7.10. The lowest BCUT2D eigenvalue weighted by Crippen LogP contribution is -2.37. The van der Waals surface area contributed by atoms with Crippen LogP contribution in [0.4, 0.5) is 11.4 Å². The fourth-order valence-corrected chi connectivity index (χ4v) is 2.68. The second-order valence-electron chi connectivity index (χ2n) is 5.17. The van der Waals surface area contributed by atoms with Crippen LogP contribution in [-0.4, -0.2) is 23.5 Å². The zero-order valence-corrected chi connectivity index (χ0v) is 11.4. The van der Waals surface area contributed by atoms with Gasteiger partial charge in [-0.15, -0.1) is 0 Å². The van der Waals surface area contributed by atoms with Crippen molar-refractivity contribution in [2.75, 3.05) is 17.2 Å². The fourth-order valence-electron chi connectivity index (χ4n) is 2.68. The largest absolute Gasteiger partial charge is 0.481 e. The molecule has 20 heavy (non-hydrogen) atoms. The van der Waals surface area contributed by atoms with Gasteiger partial charge < -0.3 is 15.7 Å². The minimum atomic E-state index is -0.913. The number of para-hydroxylation sites is 2. The third-order valence-corrected chi connectivity index (χ3v) is 3.75. The number of anilines is 2. The lowest BCUT2D eigenvalue weighted by molar-refractivity contribution is -0.136. The number of nitrogens with zero attached hydrogens (tertiary/aromatic N) is 1. The third-order valence-electron chi connectivity index (χ3n) is 3.75. The molecule has 0 spiro atoms. The average Bonchev–Trinajstić information content (AvgIpc) is 2.94. The number of nitrogen functional groups attached to an aromatic ring is 1. The van der Waals surface area contributed by atoms with Gasteiger partial charge in [0.2, 0.25) is 5.91 Å². The minimum absolute atomic E-state index is 0.00153. The molecule has 0 aliphatic heterocycles. The SMILES string of the molecule is Nc1ccccc1N(CCC(=O)O)C(=O)C1CCCC1. The summed E-state index contributed by atoms with van der Waals surface area (Å²) in [7, 11) is 0. The highest BCUT2D eigenvalue weighted by Crippen LogP contribution is 2.30. The molecule has 0 atom stereocenters. The van der Waals surface area contributed by atoms with Gasteiger partial charge in [0.05, 0.1) is 17.8 Å². The Kier molecular flexibility index (Phi) is 4.61. The number of carboxylic acids is 1. The van der Waals surface area contributed by atoms with Gasteiger partial charge in [-0.3, -0.25) is 9.59 Å². The Morgan fingerprint density at radius 3 is 2.50 bits per heavy atom. The summed E-state index contributed by atoms with van der Waals surface area (Å²) in [5, 5.41) is 8.86. The quantitative estimate of drug-likeness (QED) is 0.808. The molecule has 0 heterocycles. The highest BCUT2D eigenvalue weighted by Gasteiger charge is 2.29. The molecule has 5 nitrogen and oxygen atoms in total. The van der Waals surface area contributed by atoms with E-state index in [1.807, 2.05) is 0 Å². The second kappa shape index (κ2) is 6.41. The summed E-state index contributed by atoms with van der Waals surface area (Å²) in [6.07, 6.45) is 3.82. The molecule has 0 bridgehead atoms. The van der Waals surface area contributed by atoms with E-state index in [1.54, 1.807) is 29.2 Å². The molecule has 108 valence electrons. The molecular formula is C15H20N2O3. The Bertz CT molecular complexity index is 496. The topological polar surface area (TPSA) is 83.6 Å². The number of benzene rings is 1. The lowest BCUT2D eigenvalue weighted by Gasteiger charge is -2.26. The van der Waals surface area contributed by atoms with Gasteiger partial charge in [-0.25, -0.2) is 0 Å². The Labute approximate surface area is 118 Å². The number of carboxylic acid groups (broad SMARTS) is 1. The number of hydrogen-bond acceptors (Lipinski definition) is 3. The minimum Gasteiger partial charge on any atom is -0.481 e. The van der Waals surface area contributed by atoms with Crippen LogP contribution in [0.1, 0.15) is 32.1 Å². The maximum atomic E-state index is 12.6. The Morgan fingerprint density at radius 1 is 1.25 bits per heavy atom. The van der Waals surface area contributed by atoms with Gasteiger partial charge in [0.25, 0.3) is 0 Å². The van der Waals surface area contributed by atoms with Gasteiger partial charge in [-0.1, -0.05) is 25.0 Å². The zero-order chi connectivity index (χ0) is 14.5. The summed E-state index contributed by atoms with van der Waals surface area (Å²) < 4.78 is 0. The molecule has 1 saturated carbocycles. The van der Waals surface area contributed by atoms with Crippen LogP contribution in [0.2, 0.25) is 0 Å². The number of hydrogen-bond donors (Lipinski definition) is 2. The maximum Gasteiger partial charge on any atom is 0.305 e. The van der Waals surface area contributed by atoms with Crippen molar-refractivity contribution in [2.45, 2.75) is 32.1 Å². The molecule has 2 rings (SSSR count). The Hall–Kier alpha value is -2.04. The van der Waals surface area contributed by atoms with E-state index < -0.39 is 5.97 Å². The van der Waals surface area contributed by atoms with E-state index in [0.717, 1.165) is 25.7 Å². The summed E-state index contributed by atoms with van der Waals surface area (Å²) in [5.41, 5.74) is 7.04. The smallest absolute Gasteiger partial charge is 0.305 e. The first-order valence-electron chi connectivity index (χ1n) is 6.97. The van der Waals surface area contributed by atoms with Crippen molar-refractivity contribution < 1.29 is 14.7 Å². The van der Waals surface area contributed by atoms with Crippen LogP contribution >= 0.6 is 0 Å². The summed E-state index contributed by atoms with van der Waals surface area (Å²) in [4.78, 5) is 24.9. The molecule has 0 unspecified atom stereocenters. The molecule has 0 aromatic heterocycles. The van der Waals surface area contributed by atoms with Crippen molar-refractivity contribution in [2.24, 2.45) is 5.92 Å². The first-order chi connectivity index (χ1) is 9.59. The van der Waals surface area contributed by atoms with Gasteiger partial charge in [0.1, 0.15) is 0 Å². The van der Waals surface area contributed by atoms with Gasteiger partial charge in [0, 0.05) is 12.5 Å². The molecular weight excluding hydrogens is 256 g/mol. The monoisotopic (exact) mass is 276 g/mol. The molecule has 0 saturated heterocycles. The standard InChI is InChI=1S/C15H20N2O3/c16-12-7-3-4-8-13(12)17(10-9-14(18)19)15(20)11-5-1-2-6-11/h3-4,7-8,11H,1-2,5-6,9-10,16H2,(H,18,19). The van der Waals surface area contributed by atoms with Crippen molar-refractivity contribution in [3.05, 3.63) is 24.3 Å². The number of aliphatic carboxylic acids is 1. The van der Waals surface area contributed by atoms with Crippen LogP contribution < -0.4 is 10.6 Å². The first-order valence-corrected chi connectivity index (χ1v) is 6.97. The first kappa shape index (κ1) is 14.4.